The Morgan fingerprint density at radius 1 is 0.449 bits per heavy atom. The molecular weight excluding hydrogens is 838 g/mol. The van der Waals surface area contributed by atoms with Crippen LogP contribution in [0.4, 0.5) is 34.1 Å². The second-order valence-corrected chi connectivity index (χ2v) is 23.9. The first kappa shape index (κ1) is 43.3. The summed E-state index contributed by atoms with van der Waals surface area (Å²) in [5.74, 6) is 0. The molecule has 0 fully saturated rings. The molecule has 0 spiro atoms. The summed E-state index contributed by atoms with van der Waals surface area (Å²) in [6, 6.07) is 59.6. The van der Waals surface area contributed by atoms with E-state index in [1.165, 1.54) is 71.8 Å². The van der Waals surface area contributed by atoms with Crippen molar-refractivity contribution in [2.75, 3.05) is 9.80 Å². The van der Waals surface area contributed by atoms with Crippen molar-refractivity contribution in [3.63, 3.8) is 0 Å². The molecule has 10 aromatic rings. The maximum absolute atomic E-state index is 7.49. The second kappa shape index (κ2) is 14.8. The summed E-state index contributed by atoms with van der Waals surface area (Å²) >= 11 is 0. The highest BCUT2D eigenvalue weighted by molar-refractivity contribution is 6.90. The zero-order chi connectivity index (χ0) is 48.1. The molecule has 0 saturated heterocycles. The molecule has 2 aromatic heterocycles. The minimum atomic E-state index is -0.153. The first-order valence-corrected chi connectivity index (χ1v) is 24.9. The number of nitrogens with zero attached hydrogens (tertiary/aromatic N) is 3. The maximum atomic E-state index is 7.49. The Bertz CT molecular complexity index is 3660. The Morgan fingerprint density at radius 3 is 1.70 bits per heavy atom. The molecule has 4 nitrogen and oxygen atoms in total. The molecule has 342 valence electrons. The van der Waals surface area contributed by atoms with Crippen LogP contribution in [0.25, 0.3) is 54.9 Å². The highest BCUT2D eigenvalue weighted by atomic mass is 16.3. The van der Waals surface area contributed by atoms with E-state index in [-0.39, 0.29) is 28.5 Å². The van der Waals surface area contributed by atoms with Crippen LogP contribution in [0.2, 0.25) is 0 Å². The van der Waals surface area contributed by atoms with E-state index in [0.717, 1.165) is 50.4 Å². The molecule has 0 radical (unpaired) electrons. The van der Waals surface area contributed by atoms with Crippen molar-refractivity contribution in [3.8, 4) is 11.1 Å². The fourth-order valence-corrected chi connectivity index (χ4v) is 11.4. The van der Waals surface area contributed by atoms with Gasteiger partial charge in [0.05, 0.1) is 0 Å². The van der Waals surface area contributed by atoms with Crippen LogP contribution in [0.15, 0.2) is 162 Å². The van der Waals surface area contributed by atoms with E-state index in [4.69, 9.17) is 4.42 Å². The molecule has 0 saturated carbocycles. The number of fused-ring (bicyclic) bond motifs is 11. The first-order chi connectivity index (χ1) is 32.8. The molecule has 0 aliphatic carbocycles. The van der Waals surface area contributed by atoms with Crippen molar-refractivity contribution in [1.29, 1.82) is 0 Å². The highest BCUT2D eigenvalue weighted by Gasteiger charge is 2.45. The minimum absolute atomic E-state index is 0.00317. The summed E-state index contributed by atoms with van der Waals surface area (Å²) in [7, 11) is 0. The topological polar surface area (TPSA) is 24.6 Å². The number of rotatable bonds is 4. The Morgan fingerprint density at radius 2 is 1.07 bits per heavy atom. The zero-order valence-corrected chi connectivity index (χ0v) is 42.3. The summed E-state index contributed by atoms with van der Waals surface area (Å²) < 4.78 is 10.2. The summed E-state index contributed by atoms with van der Waals surface area (Å²) in [4.78, 5) is 4.96. The van der Waals surface area contributed by atoms with Gasteiger partial charge in [0.25, 0.3) is 0 Å². The van der Waals surface area contributed by atoms with E-state index < -0.39 is 0 Å². The van der Waals surface area contributed by atoms with Crippen molar-refractivity contribution in [3.05, 3.63) is 180 Å². The molecule has 4 heterocycles. The smallest absolute Gasteiger partial charge is 0.333 e. The van der Waals surface area contributed by atoms with Gasteiger partial charge < -0.3 is 18.7 Å². The van der Waals surface area contributed by atoms with E-state index in [0.29, 0.717) is 0 Å². The minimum Gasteiger partial charge on any atom is -0.455 e. The van der Waals surface area contributed by atoms with Crippen molar-refractivity contribution in [1.82, 2.24) is 4.48 Å². The maximum Gasteiger partial charge on any atom is 0.333 e. The SMILES string of the molecule is CC(C)(C)c1ccc(N2c3cc(N(c4ccccc4)c4ccccc4)ccc3B3c4c2cc2c(oc5c(C(C)(C)C)cccc52)c4-c2cc(C(C)(C)C)cc4c5cc(C(C)(C)C)ccc5n3c24)cc1. The van der Waals surface area contributed by atoms with E-state index in [1.54, 1.807) is 0 Å². The van der Waals surface area contributed by atoms with Crippen LogP contribution in [-0.2, 0) is 21.7 Å². The van der Waals surface area contributed by atoms with Crippen molar-refractivity contribution >= 4 is 95.6 Å². The molecule has 8 aromatic carbocycles. The number of furan rings is 1. The second-order valence-electron chi connectivity index (χ2n) is 23.9. The molecule has 0 unspecified atom stereocenters. The van der Waals surface area contributed by atoms with Gasteiger partial charge in [0.15, 0.2) is 0 Å². The molecule has 5 heteroatoms. The molecule has 2 aliphatic heterocycles. The Hall–Kier alpha value is -6.98. The first-order valence-electron chi connectivity index (χ1n) is 24.9. The van der Waals surface area contributed by atoms with Crippen LogP contribution >= 0.6 is 0 Å². The standard InChI is InChI=1S/C64H62BN3O/c1-61(2,3)39-26-29-44(30-27-39)67-54-37-45(66(42-20-15-13-16-21-42)43-22-17-14-18-23-43)31-32-52(54)65-57-55(67)38-49-46-24-19-25-51(64(10,11)12)59(46)69-60(49)56(57)50-36-41(63(7,8)9)35-48-47-34-40(62(4,5)6)28-33-53(47)68(65)58(48)50/h13-38H,1-12H3. The predicted octanol–water partition coefficient (Wildman–Crippen LogP) is 16.8. The van der Waals surface area contributed by atoms with Gasteiger partial charge in [-0.15, -0.1) is 0 Å². The fraction of sp³-hybridized carbons (Fsp3) is 0.250. The van der Waals surface area contributed by atoms with Gasteiger partial charge in [-0.1, -0.05) is 162 Å². The third-order valence-corrected chi connectivity index (χ3v) is 15.1. The monoisotopic (exact) mass is 899 g/mol. The fourth-order valence-electron chi connectivity index (χ4n) is 11.4. The lowest BCUT2D eigenvalue weighted by molar-refractivity contribution is 0.573. The molecule has 0 atom stereocenters. The van der Waals surface area contributed by atoms with Crippen LogP contribution in [0, 0.1) is 0 Å². The van der Waals surface area contributed by atoms with Crippen LogP contribution in [0.3, 0.4) is 0 Å². The predicted molar refractivity (Wildman–Crippen MR) is 297 cm³/mol. The molecule has 12 rings (SSSR count). The van der Waals surface area contributed by atoms with E-state index in [2.05, 4.69) is 255 Å². The summed E-state index contributed by atoms with van der Waals surface area (Å²) in [5, 5.41) is 4.89. The van der Waals surface area contributed by atoms with Crippen LogP contribution in [0.5, 0.6) is 0 Å². The number of anilines is 6. The van der Waals surface area contributed by atoms with Crippen LogP contribution in [0.1, 0.15) is 105 Å². The number of para-hydroxylation sites is 3. The van der Waals surface area contributed by atoms with Gasteiger partial charge in [0, 0.05) is 83.4 Å². The van der Waals surface area contributed by atoms with Gasteiger partial charge in [-0.05, 0) is 128 Å². The van der Waals surface area contributed by atoms with Gasteiger partial charge in [0.2, 0.25) is 0 Å². The van der Waals surface area contributed by atoms with E-state index >= 15 is 0 Å². The third-order valence-electron chi connectivity index (χ3n) is 15.1. The normalized spacial score (nSPS) is 13.7. The van der Waals surface area contributed by atoms with Gasteiger partial charge >= 0.3 is 6.85 Å². The molecule has 2 aliphatic rings. The van der Waals surface area contributed by atoms with Gasteiger partial charge in [-0.2, -0.15) is 0 Å². The Balaban J connectivity index is 1.27. The Kier molecular flexibility index (Phi) is 9.27. The van der Waals surface area contributed by atoms with E-state index in [1.807, 2.05) is 0 Å². The summed E-state index contributed by atoms with van der Waals surface area (Å²) in [6.07, 6.45) is 0. The quantitative estimate of drug-likeness (QED) is 0.165. The Labute approximate surface area is 408 Å². The van der Waals surface area contributed by atoms with Crippen molar-refractivity contribution < 1.29 is 4.42 Å². The van der Waals surface area contributed by atoms with Gasteiger partial charge in [-0.25, -0.2) is 0 Å². The molecule has 69 heavy (non-hydrogen) atoms. The average Bonchev–Trinajstić information content (AvgIpc) is 3.85. The van der Waals surface area contributed by atoms with Crippen LogP contribution < -0.4 is 20.7 Å². The molecular formula is C64H62BN3O. The van der Waals surface area contributed by atoms with E-state index in [9.17, 15) is 0 Å². The zero-order valence-electron chi connectivity index (χ0n) is 42.3. The number of hydrogen-bond donors (Lipinski definition) is 0. The molecule has 0 amide bonds. The van der Waals surface area contributed by atoms with Gasteiger partial charge in [0.1, 0.15) is 11.2 Å². The third kappa shape index (κ3) is 6.63. The lowest BCUT2D eigenvalue weighted by Crippen LogP contribution is -2.56. The van der Waals surface area contributed by atoms with Crippen LogP contribution in [-0.4, -0.2) is 11.3 Å². The summed E-state index contributed by atoms with van der Waals surface area (Å²) in [6.45, 7) is 27.7. The lowest BCUT2D eigenvalue weighted by atomic mass is 9.45. The largest absolute Gasteiger partial charge is 0.455 e. The number of aromatic nitrogens is 1. The highest BCUT2D eigenvalue weighted by Crippen LogP contribution is 2.52. The number of benzene rings is 8. The van der Waals surface area contributed by atoms with Crippen molar-refractivity contribution in [2.45, 2.75) is 105 Å². The van der Waals surface area contributed by atoms with Crippen molar-refractivity contribution in [2.24, 2.45) is 0 Å². The molecule has 0 bridgehead atoms. The average molecular weight is 900 g/mol. The molecule has 0 N–H and O–H groups in total. The van der Waals surface area contributed by atoms with Gasteiger partial charge in [-0.3, -0.25) is 0 Å². The number of hydrogen-bond acceptors (Lipinski definition) is 3. The summed E-state index contributed by atoms with van der Waals surface area (Å²) in [5.41, 5.74) is 21.1. The lowest BCUT2D eigenvalue weighted by Gasteiger charge is -2.41.